The lowest BCUT2D eigenvalue weighted by atomic mass is 10.1. The highest BCUT2D eigenvalue weighted by Crippen LogP contribution is 2.38. The van der Waals surface area contributed by atoms with Gasteiger partial charge in [-0.2, -0.15) is 0 Å². The van der Waals surface area contributed by atoms with Crippen molar-refractivity contribution in [3.05, 3.63) is 36.5 Å². The minimum Gasteiger partial charge on any atom is -0.756 e. The zero-order valence-corrected chi connectivity index (χ0v) is 40.6. The van der Waals surface area contributed by atoms with E-state index >= 15 is 0 Å². The minimum atomic E-state index is -4.63. The van der Waals surface area contributed by atoms with Gasteiger partial charge in [-0.25, -0.2) is 0 Å². The molecule has 0 heterocycles. The van der Waals surface area contributed by atoms with E-state index in [2.05, 4.69) is 50.3 Å². The van der Waals surface area contributed by atoms with E-state index in [4.69, 9.17) is 18.5 Å². The van der Waals surface area contributed by atoms with Crippen molar-refractivity contribution in [2.45, 2.75) is 225 Å². The molecule has 0 aliphatic rings. The van der Waals surface area contributed by atoms with Gasteiger partial charge in [0.15, 0.2) is 6.10 Å². The van der Waals surface area contributed by atoms with Crippen molar-refractivity contribution < 1.29 is 42.1 Å². The first-order valence-corrected chi connectivity index (χ1v) is 26.2. The number of unbranched alkanes of at least 4 members (excludes halogenated alkanes) is 25. The number of carbonyl (C=O) groups excluding carboxylic acids is 2. The number of phosphoric acid groups is 1. The lowest BCUT2D eigenvalue weighted by molar-refractivity contribution is -0.870. The Bertz CT molecular complexity index is 1120. The molecule has 0 saturated heterocycles. The van der Waals surface area contributed by atoms with Crippen LogP contribution in [0.1, 0.15) is 219 Å². The predicted octanol–water partition coefficient (Wildman–Crippen LogP) is 13.8. The van der Waals surface area contributed by atoms with Crippen molar-refractivity contribution in [1.29, 1.82) is 0 Å². The standard InChI is InChI=1S/C50H94NO8P/c1-6-8-10-12-14-16-18-20-22-24-25-27-28-30-32-34-36-38-40-42-49(52)56-46-48(47-58-60(54,55)57-45-44-51(3,4)5)59-50(53)43-41-39-37-35-33-31-29-26-23-21-19-17-15-13-11-9-7-2/h15,17,20-23,48H,6-14,16,18-19,24-47H2,1-5H3/b17-15-,22-20-,23-21-/t48-/m1/s1. The maximum absolute atomic E-state index is 12.7. The van der Waals surface area contributed by atoms with Gasteiger partial charge in [0.2, 0.25) is 0 Å². The largest absolute Gasteiger partial charge is 0.756 e. The molecule has 352 valence electrons. The number of ether oxygens (including phenoxy) is 2. The van der Waals surface area contributed by atoms with Crippen LogP contribution in [0.25, 0.3) is 0 Å². The van der Waals surface area contributed by atoms with Crippen LogP contribution in [0, 0.1) is 0 Å². The Morgan fingerprint density at radius 2 is 0.900 bits per heavy atom. The van der Waals surface area contributed by atoms with E-state index in [1.54, 1.807) is 0 Å². The van der Waals surface area contributed by atoms with Crippen molar-refractivity contribution in [1.82, 2.24) is 0 Å². The lowest BCUT2D eigenvalue weighted by Crippen LogP contribution is -2.37. The van der Waals surface area contributed by atoms with Crippen LogP contribution in [0.15, 0.2) is 36.5 Å². The van der Waals surface area contributed by atoms with E-state index in [-0.39, 0.29) is 32.0 Å². The average molecular weight is 868 g/mol. The Balaban J connectivity index is 4.28. The summed E-state index contributed by atoms with van der Waals surface area (Å²) < 4.78 is 34.0. The van der Waals surface area contributed by atoms with Crippen LogP contribution in [0.2, 0.25) is 0 Å². The van der Waals surface area contributed by atoms with Crippen LogP contribution in [-0.4, -0.2) is 70.0 Å². The van der Waals surface area contributed by atoms with Gasteiger partial charge < -0.3 is 27.9 Å². The Hall–Kier alpha value is -1.77. The zero-order chi connectivity index (χ0) is 44.3. The van der Waals surface area contributed by atoms with Gasteiger partial charge in [-0.05, 0) is 70.6 Å². The molecular formula is C50H94NO8P. The molecule has 0 radical (unpaired) electrons. The summed E-state index contributed by atoms with van der Waals surface area (Å²) >= 11 is 0. The number of likely N-dealkylation sites (N-methyl/N-ethyl adjacent to an activating group) is 1. The smallest absolute Gasteiger partial charge is 0.306 e. The van der Waals surface area contributed by atoms with Crippen molar-refractivity contribution in [3.8, 4) is 0 Å². The highest BCUT2D eigenvalue weighted by atomic mass is 31.2. The van der Waals surface area contributed by atoms with E-state index in [1.807, 2.05) is 21.1 Å². The number of hydrogen-bond acceptors (Lipinski definition) is 8. The molecule has 0 spiro atoms. The van der Waals surface area contributed by atoms with Gasteiger partial charge in [0.25, 0.3) is 7.82 Å². The molecule has 10 heteroatoms. The predicted molar refractivity (Wildman–Crippen MR) is 250 cm³/mol. The quantitative estimate of drug-likeness (QED) is 0.0196. The van der Waals surface area contributed by atoms with Gasteiger partial charge in [0, 0.05) is 12.8 Å². The molecule has 0 aromatic carbocycles. The summed E-state index contributed by atoms with van der Waals surface area (Å²) in [6.45, 7) is 4.21. The maximum atomic E-state index is 12.7. The van der Waals surface area contributed by atoms with Crippen LogP contribution in [-0.2, 0) is 32.7 Å². The second-order valence-corrected chi connectivity index (χ2v) is 19.2. The molecule has 0 amide bonds. The molecule has 1 unspecified atom stereocenters. The molecule has 0 N–H and O–H groups in total. The van der Waals surface area contributed by atoms with E-state index in [9.17, 15) is 19.0 Å². The van der Waals surface area contributed by atoms with E-state index in [0.717, 1.165) is 51.4 Å². The van der Waals surface area contributed by atoms with Crippen molar-refractivity contribution in [2.24, 2.45) is 0 Å². The van der Waals surface area contributed by atoms with Gasteiger partial charge in [-0.1, -0.05) is 172 Å². The topological polar surface area (TPSA) is 111 Å². The highest BCUT2D eigenvalue weighted by molar-refractivity contribution is 7.45. The van der Waals surface area contributed by atoms with Gasteiger partial charge in [0.1, 0.15) is 19.8 Å². The van der Waals surface area contributed by atoms with E-state index < -0.39 is 26.5 Å². The fourth-order valence-electron chi connectivity index (χ4n) is 6.74. The molecule has 0 aliphatic carbocycles. The Morgan fingerprint density at radius 1 is 0.517 bits per heavy atom. The van der Waals surface area contributed by atoms with Crippen LogP contribution in [0.4, 0.5) is 0 Å². The molecule has 0 bridgehead atoms. The molecule has 2 atom stereocenters. The molecule has 0 fully saturated rings. The number of rotatable bonds is 45. The van der Waals surface area contributed by atoms with Crippen molar-refractivity contribution in [3.63, 3.8) is 0 Å². The molecule has 60 heavy (non-hydrogen) atoms. The van der Waals surface area contributed by atoms with Crippen LogP contribution >= 0.6 is 7.82 Å². The van der Waals surface area contributed by atoms with Crippen LogP contribution in [0.5, 0.6) is 0 Å². The van der Waals surface area contributed by atoms with E-state index in [0.29, 0.717) is 17.4 Å². The first kappa shape index (κ1) is 58.2. The molecule has 0 aliphatic heterocycles. The normalized spacial score (nSPS) is 13.8. The summed E-state index contributed by atoms with van der Waals surface area (Å²) in [6.07, 6.45) is 48.8. The summed E-state index contributed by atoms with van der Waals surface area (Å²) in [5, 5.41) is 0. The molecule has 0 aromatic rings. The van der Waals surface area contributed by atoms with Gasteiger partial charge in [0.05, 0.1) is 27.7 Å². The summed E-state index contributed by atoms with van der Waals surface area (Å²) in [5.41, 5.74) is 0. The molecule has 0 aromatic heterocycles. The van der Waals surface area contributed by atoms with Gasteiger partial charge in [-0.15, -0.1) is 0 Å². The SMILES string of the molecule is CCCCC/C=C\C/C=C\CCCCCCCCCC(=O)O[C@H](COC(=O)CCCCCCCCCCC/C=C\CCCCCCCC)COP(=O)([O-])OCC[N+](C)(C)C. The molecular weight excluding hydrogens is 774 g/mol. The molecule has 0 saturated carbocycles. The highest BCUT2D eigenvalue weighted by Gasteiger charge is 2.21. The number of nitrogens with zero attached hydrogens (tertiary/aromatic N) is 1. The summed E-state index contributed by atoms with van der Waals surface area (Å²) in [7, 11) is 1.16. The number of phosphoric ester groups is 1. The average Bonchev–Trinajstić information content (AvgIpc) is 3.20. The minimum absolute atomic E-state index is 0.0326. The first-order chi connectivity index (χ1) is 29.0. The van der Waals surface area contributed by atoms with Crippen molar-refractivity contribution >= 4 is 19.8 Å². The fraction of sp³-hybridized carbons (Fsp3) is 0.840. The van der Waals surface area contributed by atoms with Crippen LogP contribution in [0.3, 0.4) is 0 Å². The maximum Gasteiger partial charge on any atom is 0.306 e. The second kappa shape index (κ2) is 42.5. The first-order valence-electron chi connectivity index (χ1n) is 24.7. The third kappa shape index (κ3) is 45.7. The van der Waals surface area contributed by atoms with Gasteiger partial charge >= 0.3 is 11.9 Å². The number of quaternary nitrogens is 1. The summed E-state index contributed by atoms with van der Waals surface area (Å²) in [4.78, 5) is 37.7. The summed E-state index contributed by atoms with van der Waals surface area (Å²) in [6, 6.07) is 0. The molecule has 9 nitrogen and oxygen atoms in total. The lowest BCUT2D eigenvalue weighted by Gasteiger charge is -2.28. The molecule has 0 rings (SSSR count). The number of allylic oxidation sites excluding steroid dienone is 6. The number of carbonyl (C=O) groups is 2. The fourth-order valence-corrected chi connectivity index (χ4v) is 7.47. The number of esters is 2. The Kier molecular flexibility index (Phi) is 41.3. The summed E-state index contributed by atoms with van der Waals surface area (Å²) in [5.74, 6) is -0.840. The Morgan fingerprint density at radius 3 is 1.37 bits per heavy atom. The van der Waals surface area contributed by atoms with Crippen LogP contribution < -0.4 is 4.89 Å². The zero-order valence-electron chi connectivity index (χ0n) is 39.7. The Labute approximate surface area is 370 Å². The monoisotopic (exact) mass is 868 g/mol. The van der Waals surface area contributed by atoms with Gasteiger partial charge in [-0.3, -0.25) is 14.2 Å². The number of hydrogen-bond donors (Lipinski definition) is 0. The van der Waals surface area contributed by atoms with Crippen molar-refractivity contribution in [2.75, 3.05) is 47.5 Å². The third-order valence-corrected chi connectivity index (χ3v) is 11.6. The second-order valence-electron chi connectivity index (χ2n) is 17.8. The van der Waals surface area contributed by atoms with E-state index in [1.165, 1.54) is 135 Å². The third-order valence-electron chi connectivity index (χ3n) is 10.6.